The Hall–Kier alpha value is -3.02. The van der Waals surface area contributed by atoms with Crippen LogP contribution >= 0.6 is 0 Å². The molecule has 28 heavy (non-hydrogen) atoms. The molecule has 0 saturated heterocycles. The maximum Gasteiger partial charge on any atom is 0.336 e. The summed E-state index contributed by atoms with van der Waals surface area (Å²) in [6.45, 7) is 7.57. The minimum Gasteiger partial charge on any atom is -0.496 e. The van der Waals surface area contributed by atoms with Crippen molar-refractivity contribution in [1.82, 2.24) is 5.32 Å². The summed E-state index contributed by atoms with van der Waals surface area (Å²) in [5, 5.41) is 3.11. The fraction of sp³-hybridized carbons (Fsp3) is 0.364. The molecule has 0 aliphatic carbocycles. The summed E-state index contributed by atoms with van der Waals surface area (Å²) in [4.78, 5) is 25.3. The number of para-hydroxylation sites is 1. The minimum absolute atomic E-state index is 0.246. The number of ether oxygens (including phenoxy) is 3. The van der Waals surface area contributed by atoms with Gasteiger partial charge in [0.2, 0.25) is 0 Å². The Bertz CT molecular complexity index is 795. The second-order valence-electron chi connectivity index (χ2n) is 6.22. The predicted octanol–water partition coefficient (Wildman–Crippen LogP) is 3.60. The van der Waals surface area contributed by atoms with Crippen LogP contribution in [0.5, 0.6) is 5.75 Å². The lowest BCUT2D eigenvalue weighted by molar-refractivity contribution is -0.139. The summed E-state index contributed by atoms with van der Waals surface area (Å²) >= 11 is 0. The number of allylic oxidation sites excluding steroid dienone is 3. The minimum atomic E-state index is -0.593. The van der Waals surface area contributed by atoms with Crippen molar-refractivity contribution in [3.63, 3.8) is 0 Å². The van der Waals surface area contributed by atoms with Crippen LogP contribution in [0.25, 0.3) is 6.08 Å². The van der Waals surface area contributed by atoms with E-state index in [4.69, 9.17) is 14.2 Å². The molecule has 0 atom stereocenters. The Labute approximate surface area is 165 Å². The van der Waals surface area contributed by atoms with Crippen LogP contribution in [0.2, 0.25) is 0 Å². The molecule has 1 heterocycles. The molecule has 1 aliphatic heterocycles. The van der Waals surface area contributed by atoms with Crippen molar-refractivity contribution < 1.29 is 23.8 Å². The number of carbonyl (C=O) groups excluding carboxylic acids is 2. The molecule has 150 valence electrons. The van der Waals surface area contributed by atoms with Crippen LogP contribution in [0.4, 0.5) is 0 Å². The highest BCUT2D eigenvalue weighted by Gasteiger charge is 2.35. The van der Waals surface area contributed by atoms with Gasteiger partial charge < -0.3 is 19.5 Å². The fourth-order valence-corrected chi connectivity index (χ4v) is 3.20. The molecule has 6 heteroatoms. The van der Waals surface area contributed by atoms with E-state index in [1.54, 1.807) is 34.8 Å². The van der Waals surface area contributed by atoms with Gasteiger partial charge in [-0.05, 0) is 33.8 Å². The maximum atomic E-state index is 12.6. The van der Waals surface area contributed by atoms with Crippen molar-refractivity contribution >= 4 is 18.0 Å². The van der Waals surface area contributed by atoms with E-state index in [0.29, 0.717) is 28.3 Å². The molecule has 1 N–H and O–H groups in total. The van der Waals surface area contributed by atoms with Crippen molar-refractivity contribution in [2.24, 2.45) is 5.92 Å². The Morgan fingerprint density at radius 1 is 1.00 bits per heavy atom. The van der Waals surface area contributed by atoms with E-state index in [0.717, 1.165) is 5.56 Å². The second-order valence-corrected chi connectivity index (χ2v) is 6.22. The van der Waals surface area contributed by atoms with Gasteiger partial charge in [-0.3, -0.25) is 0 Å². The highest BCUT2D eigenvalue weighted by molar-refractivity contribution is 5.98. The fourth-order valence-electron chi connectivity index (χ4n) is 3.20. The third kappa shape index (κ3) is 4.63. The molecule has 0 spiro atoms. The van der Waals surface area contributed by atoms with Crippen molar-refractivity contribution in [1.29, 1.82) is 0 Å². The molecule has 0 fully saturated rings. The lowest BCUT2D eigenvalue weighted by atomic mass is 9.84. The van der Waals surface area contributed by atoms with Gasteiger partial charge in [0, 0.05) is 22.9 Å². The summed E-state index contributed by atoms with van der Waals surface area (Å²) in [6.07, 6.45) is 3.65. The zero-order chi connectivity index (χ0) is 20.7. The molecule has 0 unspecified atom stereocenters. The molecule has 1 aromatic carbocycles. The molecule has 0 radical (unpaired) electrons. The number of carbonyl (C=O) groups is 2. The SMILES string of the molecule is CCOC(=O)C1=C(C)NC(C)=C(C(=O)OCC)C1/C=C\c1ccccc1OC. The van der Waals surface area contributed by atoms with Crippen LogP contribution in [0.15, 0.2) is 52.9 Å². The van der Waals surface area contributed by atoms with Gasteiger partial charge in [-0.2, -0.15) is 0 Å². The number of rotatable bonds is 7. The number of methoxy groups -OCH3 is 1. The molecule has 0 amide bonds. The highest BCUT2D eigenvalue weighted by atomic mass is 16.5. The average molecular weight is 385 g/mol. The monoisotopic (exact) mass is 385 g/mol. The lowest BCUT2D eigenvalue weighted by Crippen LogP contribution is -2.32. The Morgan fingerprint density at radius 3 is 2.04 bits per heavy atom. The first kappa shape index (κ1) is 21.3. The first-order chi connectivity index (χ1) is 13.4. The van der Waals surface area contributed by atoms with Gasteiger partial charge in [0.25, 0.3) is 0 Å². The number of dihydropyridines is 1. The molecule has 0 saturated carbocycles. The smallest absolute Gasteiger partial charge is 0.336 e. The van der Waals surface area contributed by atoms with Gasteiger partial charge in [0.05, 0.1) is 31.5 Å². The molecule has 1 aromatic rings. The zero-order valence-electron chi connectivity index (χ0n) is 17.0. The molecule has 0 bridgehead atoms. The van der Waals surface area contributed by atoms with Crippen LogP contribution in [0.3, 0.4) is 0 Å². The number of hydrogen-bond acceptors (Lipinski definition) is 6. The normalized spacial score (nSPS) is 14.9. The predicted molar refractivity (Wildman–Crippen MR) is 107 cm³/mol. The van der Waals surface area contributed by atoms with Gasteiger partial charge >= 0.3 is 11.9 Å². The molecular formula is C22H27NO5. The van der Waals surface area contributed by atoms with Crippen molar-refractivity contribution in [3.05, 3.63) is 58.4 Å². The molecule has 1 aliphatic rings. The Balaban J connectivity index is 2.54. The van der Waals surface area contributed by atoms with E-state index in [-0.39, 0.29) is 13.2 Å². The largest absolute Gasteiger partial charge is 0.496 e. The lowest BCUT2D eigenvalue weighted by Gasteiger charge is -2.28. The molecule has 6 nitrogen and oxygen atoms in total. The zero-order valence-corrected chi connectivity index (χ0v) is 17.0. The Kier molecular flexibility index (Phi) is 7.44. The first-order valence-corrected chi connectivity index (χ1v) is 9.28. The summed E-state index contributed by atoms with van der Waals surface area (Å²) in [7, 11) is 1.60. The van der Waals surface area contributed by atoms with Crippen molar-refractivity contribution in [2.75, 3.05) is 20.3 Å². The van der Waals surface area contributed by atoms with Crippen LogP contribution in [-0.4, -0.2) is 32.3 Å². The van der Waals surface area contributed by atoms with Gasteiger partial charge in [-0.25, -0.2) is 9.59 Å². The van der Waals surface area contributed by atoms with Crippen molar-refractivity contribution in [3.8, 4) is 5.75 Å². The van der Waals surface area contributed by atoms with E-state index in [1.807, 2.05) is 36.4 Å². The van der Waals surface area contributed by atoms with E-state index >= 15 is 0 Å². The number of esters is 2. The summed E-state index contributed by atoms with van der Waals surface area (Å²) in [6, 6.07) is 7.52. The van der Waals surface area contributed by atoms with Crippen LogP contribution in [0, 0.1) is 5.92 Å². The average Bonchev–Trinajstić information content (AvgIpc) is 2.66. The Morgan fingerprint density at radius 2 is 1.54 bits per heavy atom. The van der Waals surface area contributed by atoms with Gasteiger partial charge in [0.1, 0.15) is 5.75 Å². The summed E-state index contributed by atoms with van der Waals surface area (Å²) < 4.78 is 15.8. The summed E-state index contributed by atoms with van der Waals surface area (Å²) in [5.74, 6) is -0.818. The maximum absolute atomic E-state index is 12.6. The van der Waals surface area contributed by atoms with E-state index in [2.05, 4.69) is 5.32 Å². The van der Waals surface area contributed by atoms with Crippen LogP contribution < -0.4 is 10.1 Å². The van der Waals surface area contributed by atoms with Crippen LogP contribution in [0.1, 0.15) is 33.3 Å². The molecular weight excluding hydrogens is 358 g/mol. The standard InChI is InChI=1S/C22H27NO5/c1-6-27-21(24)19-14(3)23-15(4)20(22(25)28-7-2)17(19)13-12-16-10-8-9-11-18(16)26-5/h8-13,17,23H,6-7H2,1-5H3/b13-12-. The number of nitrogens with one attached hydrogen (secondary N) is 1. The topological polar surface area (TPSA) is 73.9 Å². The summed E-state index contributed by atoms with van der Waals surface area (Å²) in [5.41, 5.74) is 2.92. The first-order valence-electron chi connectivity index (χ1n) is 9.28. The molecule has 0 aromatic heterocycles. The third-order valence-electron chi connectivity index (χ3n) is 4.40. The van der Waals surface area contributed by atoms with Gasteiger partial charge in [-0.1, -0.05) is 30.4 Å². The van der Waals surface area contributed by atoms with Crippen LogP contribution in [-0.2, 0) is 19.1 Å². The van der Waals surface area contributed by atoms with Gasteiger partial charge in [0.15, 0.2) is 0 Å². The van der Waals surface area contributed by atoms with Crippen molar-refractivity contribution in [2.45, 2.75) is 27.7 Å². The van der Waals surface area contributed by atoms with E-state index in [9.17, 15) is 9.59 Å². The number of benzene rings is 1. The van der Waals surface area contributed by atoms with Gasteiger partial charge in [-0.15, -0.1) is 0 Å². The molecule has 2 rings (SSSR count). The highest BCUT2D eigenvalue weighted by Crippen LogP contribution is 2.33. The van der Waals surface area contributed by atoms with E-state index < -0.39 is 17.9 Å². The third-order valence-corrected chi connectivity index (χ3v) is 4.40. The number of hydrogen-bond donors (Lipinski definition) is 1. The quantitative estimate of drug-likeness (QED) is 0.723. The van der Waals surface area contributed by atoms with E-state index in [1.165, 1.54) is 0 Å². The second kappa shape index (κ2) is 9.78.